The molecule has 1 aliphatic rings. The van der Waals surface area contributed by atoms with E-state index in [9.17, 15) is 19.0 Å². The zero-order chi connectivity index (χ0) is 17.1. The van der Waals surface area contributed by atoms with Gasteiger partial charge < -0.3 is 10.2 Å². The first kappa shape index (κ1) is 18.0. The van der Waals surface area contributed by atoms with E-state index in [1.54, 1.807) is 12.1 Å². The van der Waals surface area contributed by atoms with Crippen molar-refractivity contribution in [2.75, 3.05) is 0 Å². The van der Waals surface area contributed by atoms with E-state index in [2.05, 4.69) is 20.8 Å². The molecule has 1 fully saturated rings. The Balaban J connectivity index is 2.30. The molecule has 0 saturated heterocycles. The summed E-state index contributed by atoms with van der Waals surface area (Å²) in [7, 11) is 0. The number of halogens is 2. The van der Waals surface area contributed by atoms with Crippen LogP contribution >= 0.6 is 0 Å². The molecule has 0 bridgehead atoms. The van der Waals surface area contributed by atoms with Gasteiger partial charge in [-0.15, -0.1) is 0 Å². The highest BCUT2D eigenvalue weighted by Gasteiger charge is 2.34. The number of aryl methyl sites for hydroxylation is 1. The smallest absolute Gasteiger partial charge is 0.239 e. The third-order valence-electron chi connectivity index (χ3n) is 5.24. The molecule has 2 nitrogen and oxygen atoms in total. The lowest BCUT2D eigenvalue weighted by Gasteiger charge is -2.38. The number of benzene rings is 1. The molecule has 130 valence electrons. The molecule has 1 aromatic rings. The van der Waals surface area contributed by atoms with Crippen molar-refractivity contribution in [2.24, 2.45) is 17.8 Å². The highest BCUT2D eigenvalue weighted by Crippen LogP contribution is 2.49. The fraction of sp³-hybridized carbons (Fsp3) is 0.684. The highest BCUT2D eigenvalue weighted by molar-refractivity contribution is 5.49. The molecule has 23 heavy (non-hydrogen) atoms. The maximum Gasteiger partial charge on any atom is 0.239 e. The highest BCUT2D eigenvalue weighted by atomic mass is 19.3. The van der Waals surface area contributed by atoms with Crippen LogP contribution in [0.3, 0.4) is 0 Å². The number of phenols is 2. The molecule has 0 spiro atoms. The minimum absolute atomic E-state index is 0.0546. The summed E-state index contributed by atoms with van der Waals surface area (Å²) in [6, 6.07) is 3.10. The lowest BCUT2D eigenvalue weighted by atomic mass is 9.67. The van der Waals surface area contributed by atoms with E-state index < -0.39 is 6.43 Å². The molecular formula is C19H28F2O2. The average Bonchev–Trinajstić information content (AvgIpc) is 2.44. The molecule has 0 radical (unpaired) electrons. The number of hydrogen-bond acceptors (Lipinski definition) is 2. The van der Waals surface area contributed by atoms with Crippen molar-refractivity contribution >= 4 is 0 Å². The van der Waals surface area contributed by atoms with Crippen molar-refractivity contribution in [3.63, 3.8) is 0 Å². The topological polar surface area (TPSA) is 40.5 Å². The normalized spacial score (nSPS) is 25.3. The van der Waals surface area contributed by atoms with Crippen molar-refractivity contribution in [2.45, 2.75) is 65.2 Å². The van der Waals surface area contributed by atoms with E-state index in [4.69, 9.17) is 0 Å². The summed E-state index contributed by atoms with van der Waals surface area (Å²) in [6.45, 7) is 6.56. The Morgan fingerprint density at radius 3 is 2.26 bits per heavy atom. The van der Waals surface area contributed by atoms with Crippen molar-refractivity contribution < 1.29 is 19.0 Å². The molecule has 0 aliphatic heterocycles. The van der Waals surface area contributed by atoms with E-state index in [0.29, 0.717) is 28.9 Å². The Hall–Kier alpha value is -1.32. The Morgan fingerprint density at radius 2 is 1.74 bits per heavy atom. The van der Waals surface area contributed by atoms with Gasteiger partial charge in [0.1, 0.15) is 11.5 Å². The third-order valence-corrected chi connectivity index (χ3v) is 5.24. The summed E-state index contributed by atoms with van der Waals surface area (Å²) in [5, 5.41) is 20.9. The predicted octanol–water partition coefficient (Wildman–Crippen LogP) is 5.47. The van der Waals surface area contributed by atoms with Crippen LogP contribution in [0.2, 0.25) is 0 Å². The monoisotopic (exact) mass is 326 g/mol. The van der Waals surface area contributed by atoms with E-state index in [1.165, 1.54) is 6.42 Å². The van der Waals surface area contributed by atoms with Gasteiger partial charge >= 0.3 is 0 Å². The summed E-state index contributed by atoms with van der Waals surface area (Å²) >= 11 is 0. The summed E-state index contributed by atoms with van der Waals surface area (Å²) in [5.41, 5.74) is 1.17. The predicted molar refractivity (Wildman–Crippen MR) is 88.2 cm³/mol. The van der Waals surface area contributed by atoms with Gasteiger partial charge in [-0.2, -0.15) is 0 Å². The first-order chi connectivity index (χ1) is 10.8. The summed E-state index contributed by atoms with van der Waals surface area (Å²) < 4.78 is 24.7. The first-order valence-electron chi connectivity index (χ1n) is 8.62. The van der Waals surface area contributed by atoms with E-state index in [1.807, 2.05) is 0 Å². The maximum atomic E-state index is 12.3. The molecule has 2 N–H and O–H groups in total. The molecule has 4 heteroatoms. The summed E-state index contributed by atoms with van der Waals surface area (Å²) in [5.74, 6) is 1.70. The van der Waals surface area contributed by atoms with Gasteiger partial charge in [-0.3, -0.25) is 0 Å². The van der Waals surface area contributed by atoms with Crippen LogP contribution in [0, 0.1) is 17.8 Å². The van der Waals surface area contributed by atoms with Crippen LogP contribution in [0.25, 0.3) is 0 Å². The number of alkyl halides is 2. The van der Waals surface area contributed by atoms with Crippen LogP contribution in [0.5, 0.6) is 11.5 Å². The fourth-order valence-corrected chi connectivity index (χ4v) is 4.01. The molecule has 3 unspecified atom stereocenters. The van der Waals surface area contributed by atoms with Crippen LogP contribution in [0.1, 0.15) is 63.5 Å². The quantitative estimate of drug-likeness (QED) is 0.753. The lowest BCUT2D eigenvalue weighted by molar-refractivity contribution is 0.138. The molecule has 1 saturated carbocycles. The fourth-order valence-electron chi connectivity index (χ4n) is 4.01. The standard InChI is InChI=1S/C19H28F2O2/c1-11(2)14-6-4-12(3)8-15(14)19-16(22)9-13(10-17(19)23)5-7-18(20)21/h9-12,14-15,18,22-23H,4-8H2,1-3H3. The molecule has 0 amide bonds. The van der Waals surface area contributed by atoms with Gasteiger partial charge in [0.2, 0.25) is 6.43 Å². The molecule has 1 aliphatic carbocycles. The number of hydrogen-bond donors (Lipinski definition) is 2. The second kappa shape index (κ2) is 7.50. The zero-order valence-electron chi connectivity index (χ0n) is 14.2. The number of rotatable bonds is 5. The zero-order valence-corrected chi connectivity index (χ0v) is 14.2. The molecule has 1 aromatic carbocycles. The van der Waals surface area contributed by atoms with Crippen molar-refractivity contribution in [1.29, 1.82) is 0 Å². The number of aromatic hydroxyl groups is 2. The molecule has 0 aromatic heterocycles. The maximum absolute atomic E-state index is 12.3. The largest absolute Gasteiger partial charge is 0.508 e. The third kappa shape index (κ3) is 4.36. The van der Waals surface area contributed by atoms with Crippen LogP contribution in [0.4, 0.5) is 8.78 Å². The lowest BCUT2D eigenvalue weighted by Crippen LogP contribution is -2.26. The van der Waals surface area contributed by atoms with Gasteiger partial charge in [0.15, 0.2) is 0 Å². The minimum atomic E-state index is -2.37. The Labute approximate surface area is 137 Å². The van der Waals surface area contributed by atoms with E-state index in [-0.39, 0.29) is 30.3 Å². The minimum Gasteiger partial charge on any atom is -0.508 e. The van der Waals surface area contributed by atoms with Crippen LogP contribution in [-0.2, 0) is 6.42 Å². The Bertz CT molecular complexity index is 505. The second-order valence-electron chi connectivity index (χ2n) is 7.41. The van der Waals surface area contributed by atoms with E-state index >= 15 is 0 Å². The first-order valence-corrected chi connectivity index (χ1v) is 8.62. The Morgan fingerprint density at radius 1 is 1.13 bits per heavy atom. The average molecular weight is 326 g/mol. The Kier molecular flexibility index (Phi) is 5.88. The van der Waals surface area contributed by atoms with Crippen LogP contribution in [0.15, 0.2) is 12.1 Å². The van der Waals surface area contributed by atoms with Gasteiger partial charge in [-0.25, -0.2) is 8.78 Å². The van der Waals surface area contributed by atoms with Gasteiger partial charge in [0.05, 0.1) is 0 Å². The molecule has 3 atom stereocenters. The van der Waals surface area contributed by atoms with Gasteiger partial charge in [-0.05, 0) is 60.6 Å². The molecule has 0 heterocycles. The van der Waals surface area contributed by atoms with Crippen molar-refractivity contribution in [3.05, 3.63) is 23.3 Å². The number of phenolic OH excluding ortho intramolecular Hbond substituents is 2. The molecular weight excluding hydrogens is 298 g/mol. The summed E-state index contributed by atoms with van der Waals surface area (Å²) in [4.78, 5) is 0. The van der Waals surface area contributed by atoms with Crippen molar-refractivity contribution in [1.82, 2.24) is 0 Å². The SMILES string of the molecule is CC1CCC(C(C)C)C(c2c(O)cc(CCC(F)F)cc2O)C1. The van der Waals surface area contributed by atoms with Crippen molar-refractivity contribution in [3.8, 4) is 11.5 Å². The van der Waals surface area contributed by atoms with Gasteiger partial charge in [0.25, 0.3) is 0 Å². The van der Waals surface area contributed by atoms with E-state index in [0.717, 1.165) is 12.8 Å². The van der Waals surface area contributed by atoms with Crippen LogP contribution < -0.4 is 0 Å². The van der Waals surface area contributed by atoms with Crippen LogP contribution in [-0.4, -0.2) is 16.6 Å². The van der Waals surface area contributed by atoms with Gasteiger partial charge in [0, 0.05) is 12.0 Å². The van der Waals surface area contributed by atoms with Gasteiger partial charge in [-0.1, -0.05) is 27.2 Å². The second-order valence-corrected chi connectivity index (χ2v) is 7.41. The molecule has 2 rings (SSSR count). The summed E-state index contributed by atoms with van der Waals surface area (Å²) in [6.07, 6.45) is 0.744.